The van der Waals surface area contributed by atoms with Crippen LogP contribution < -0.4 is 0 Å². The number of aliphatic hydroxyl groups is 10. The van der Waals surface area contributed by atoms with Crippen LogP contribution >= 0.6 is 0 Å². The summed E-state index contributed by atoms with van der Waals surface area (Å²) < 4.78 is 31.5. The molecule has 324 valence electrons. The predicted molar refractivity (Wildman–Crippen MR) is 197 cm³/mol. The van der Waals surface area contributed by atoms with Gasteiger partial charge in [-0.3, -0.25) is 0 Å². The molecular weight excluding hydrogens is 732 g/mol. The first kappa shape index (κ1) is 43.5. The van der Waals surface area contributed by atoms with Gasteiger partial charge in [-0.1, -0.05) is 34.6 Å². The minimum absolute atomic E-state index is 0.0218. The molecule has 56 heavy (non-hydrogen) atoms. The van der Waals surface area contributed by atoms with Gasteiger partial charge in [-0.2, -0.15) is 0 Å². The molecule has 0 bridgehead atoms. The molecular formula is C41H70O15. The summed E-state index contributed by atoms with van der Waals surface area (Å²) in [4.78, 5) is 0. The molecule has 7 aliphatic rings. The zero-order valence-electron chi connectivity index (χ0n) is 34.1. The second kappa shape index (κ2) is 14.8. The van der Waals surface area contributed by atoms with Gasteiger partial charge >= 0.3 is 0 Å². The van der Waals surface area contributed by atoms with Crippen LogP contribution in [0.3, 0.4) is 0 Å². The molecule has 0 aromatic rings. The van der Waals surface area contributed by atoms with Gasteiger partial charge in [-0.15, -0.1) is 0 Å². The van der Waals surface area contributed by atoms with E-state index in [-0.39, 0.29) is 30.3 Å². The highest BCUT2D eigenvalue weighted by Gasteiger charge is 2.74. The first-order valence-corrected chi connectivity index (χ1v) is 21.0. The van der Waals surface area contributed by atoms with Gasteiger partial charge in [0.25, 0.3) is 0 Å². The van der Waals surface area contributed by atoms with Crippen LogP contribution in [0.4, 0.5) is 0 Å². The molecule has 0 radical (unpaired) electrons. The van der Waals surface area contributed by atoms with Crippen molar-refractivity contribution in [1.82, 2.24) is 0 Å². The Morgan fingerprint density at radius 2 is 1.45 bits per heavy atom. The SMILES string of the molecule is CC1(C)[C@@H](O)CC[C@]2(C)[C@H]3C[C@@H](O)[C@@H]4[C@@H]([C@]5(C)CC[C@@H]([C@@](C)(O)CO)O5)CC[C@@]4(C)[C@]3(C)C[C@H](O[C@@H]3O[C@H](CO)[C@@H](O)[C@H](O)[C@H]3O[C@@H]3OC[C@@H](O)[C@H](O)[C@H]3O)[C@@H]12. The van der Waals surface area contributed by atoms with Gasteiger partial charge in [0.05, 0.1) is 49.8 Å². The highest BCUT2D eigenvalue weighted by molar-refractivity contribution is 5.22. The van der Waals surface area contributed by atoms with Gasteiger partial charge in [0.1, 0.15) is 48.3 Å². The van der Waals surface area contributed by atoms with E-state index in [9.17, 15) is 51.1 Å². The van der Waals surface area contributed by atoms with Gasteiger partial charge in [0, 0.05) is 0 Å². The maximum Gasteiger partial charge on any atom is 0.187 e. The second-order valence-electron chi connectivity index (χ2n) is 20.6. The van der Waals surface area contributed by atoms with Gasteiger partial charge < -0.3 is 74.7 Å². The first-order chi connectivity index (χ1) is 26.0. The average Bonchev–Trinajstić information content (AvgIpc) is 3.74. The van der Waals surface area contributed by atoms with Crippen LogP contribution in [0.25, 0.3) is 0 Å². The molecule has 7 rings (SSSR count). The third-order valence-electron chi connectivity index (χ3n) is 17.2. The van der Waals surface area contributed by atoms with Gasteiger partial charge in [0.2, 0.25) is 0 Å². The molecule has 7 fully saturated rings. The largest absolute Gasteiger partial charge is 0.394 e. The fourth-order valence-electron chi connectivity index (χ4n) is 13.9. The lowest BCUT2D eigenvalue weighted by Crippen LogP contribution is -2.71. The molecule has 15 heteroatoms. The minimum Gasteiger partial charge on any atom is -0.394 e. The topological polar surface area (TPSA) is 248 Å². The molecule has 0 amide bonds. The molecule has 0 aromatic carbocycles. The smallest absolute Gasteiger partial charge is 0.187 e. The van der Waals surface area contributed by atoms with Crippen molar-refractivity contribution in [2.45, 2.75) is 191 Å². The molecule has 0 unspecified atom stereocenters. The van der Waals surface area contributed by atoms with Crippen molar-refractivity contribution < 1.29 is 74.7 Å². The zero-order valence-corrected chi connectivity index (χ0v) is 34.1. The van der Waals surface area contributed by atoms with Gasteiger partial charge in [0.15, 0.2) is 12.6 Å². The highest BCUT2D eigenvalue weighted by Crippen LogP contribution is 2.76. The van der Waals surface area contributed by atoms with Crippen LogP contribution in [0.15, 0.2) is 0 Å². The molecule has 4 aliphatic carbocycles. The van der Waals surface area contributed by atoms with Crippen molar-refractivity contribution in [3.05, 3.63) is 0 Å². The first-order valence-electron chi connectivity index (χ1n) is 21.0. The fourth-order valence-corrected chi connectivity index (χ4v) is 13.9. The van der Waals surface area contributed by atoms with E-state index in [0.717, 1.165) is 12.8 Å². The van der Waals surface area contributed by atoms with Crippen molar-refractivity contribution in [3.8, 4) is 0 Å². The normalized spacial score (nSPS) is 56.8. The van der Waals surface area contributed by atoms with Gasteiger partial charge in [-0.25, -0.2) is 0 Å². The van der Waals surface area contributed by atoms with Crippen LogP contribution in [-0.4, -0.2) is 162 Å². The summed E-state index contributed by atoms with van der Waals surface area (Å²) in [6.45, 7) is 13.2. The number of hydrogen-bond donors (Lipinski definition) is 10. The Morgan fingerprint density at radius 1 is 0.750 bits per heavy atom. The third-order valence-corrected chi connectivity index (χ3v) is 17.2. The zero-order chi connectivity index (χ0) is 41.1. The molecule has 4 saturated carbocycles. The summed E-state index contributed by atoms with van der Waals surface area (Å²) in [7, 11) is 0. The van der Waals surface area contributed by atoms with Crippen LogP contribution in [0.1, 0.15) is 99.8 Å². The van der Waals surface area contributed by atoms with Crippen LogP contribution in [-0.2, 0) is 23.7 Å². The second-order valence-corrected chi connectivity index (χ2v) is 20.6. The number of ether oxygens (including phenoxy) is 5. The van der Waals surface area contributed by atoms with Crippen LogP contribution in [0.5, 0.6) is 0 Å². The Labute approximate surface area is 330 Å². The van der Waals surface area contributed by atoms with E-state index in [1.165, 1.54) is 0 Å². The Morgan fingerprint density at radius 3 is 2.11 bits per heavy atom. The maximum absolute atomic E-state index is 12.4. The van der Waals surface area contributed by atoms with Crippen molar-refractivity contribution in [2.24, 2.45) is 45.3 Å². The number of aliphatic hydroxyl groups excluding tert-OH is 9. The molecule has 3 aliphatic heterocycles. The van der Waals surface area contributed by atoms with Crippen molar-refractivity contribution in [2.75, 3.05) is 19.8 Å². The quantitative estimate of drug-likeness (QED) is 0.145. The molecule has 3 heterocycles. The summed E-state index contributed by atoms with van der Waals surface area (Å²) in [6.07, 6.45) is -10.8. The van der Waals surface area contributed by atoms with Crippen molar-refractivity contribution in [1.29, 1.82) is 0 Å². The minimum atomic E-state index is -1.69. The molecule has 0 aromatic heterocycles. The Kier molecular flexibility index (Phi) is 11.5. The summed E-state index contributed by atoms with van der Waals surface area (Å²) >= 11 is 0. The monoisotopic (exact) mass is 802 g/mol. The number of hydrogen-bond acceptors (Lipinski definition) is 15. The number of fused-ring (bicyclic) bond motifs is 5. The lowest BCUT2D eigenvalue weighted by molar-refractivity contribution is -0.377. The van der Waals surface area contributed by atoms with E-state index >= 15 is 0 Å². The van der Waals surface area contributed by atoms with Crippen molar-refractivity contribution in [3.63, 3.8) is 0 Å². The molecule has 10 N–H and O–H groups in total. The fraction of sp³-hybridized carbons (Fsp3) is 1.00. The maximum atomic E-state index is 12.4. The Balaban J connectivity index is 1.25. The molecule has 3 saturated heterocycles. The summed E-state index contributed by atoms with van der Waals surface area (Å²) in [5, 5.41) is 109. The molecule has 15 nitrogen and oxygen atoms in total. The van der Waals surface area contributed by atoms with Crippen molar-refractivity contribution >= 4 is 0 Å². The van der Waals surface area contributed by atoms with E-state index in [0.29, 0.717) is 38.5 Å². The van der Waals surface area contributed by atoms with E-state index in [1.54, 1.807) is 6.92 Å². The molecule has 22 atom stereocenters. The van der Waals surface area contributed by atoms with E-state index in [4.69, 9.17) is 23.7 Å². The van der Waals surface area contributed by atoms with Crippen LogP contribution in [0.2, 0.25) is 0 Å². The van der Waals surface area contributed by atoms with E-state index < -0.39 is 126 Å². The van der Waals surface area contributed by atoms with Gasteiger partial charge in [-0.05, 0) is 111 Å². The molecule has 0 spiro atoms. The lowest BCUT2D eigenvalue weighted by atomic mass is 9.34. The average molecular weight is 803 g/mol. The van der Waals surface area contributed by atoms with Crippen LogP contribution in [0, 0.1) is 45.3 Å². The number of rotatable bonds is 8. The highest BCUT2D eigenvalue weighted by atomic mass is 16.8. The summed E-state index contributed by atoms with van der Waals surface area (Å²) in [6, 6.07) is 0. The summed E-state index contributed by atoms with van der Waals surface area (Å²) in [5.41, 5.74) is -3.99. The Bertz CT molecular complexity index is 1420. The van der Waals surface area contributed by atoms with E-state index in [1.807, 2.05) is 13.8 Å². The standard InChI is InChI=1S/C41H70O15/c1-36(2)25(46)9-11-37(3)24-14-20(44)27-19(41(7)13-10-26(56-41)40(6,51)18-43)8-12-38(27,4)39(24,5)15-22(33(36)37)53-35-32(30(49)29(48)23(16-42)54-35)55-34-31(50)28(47)21(45)17-52-34/h19-35,42-51H,8-18H2,1-7H3/t19-,20+,21+,22-,23+,24+,25-,26-,27-,28-,29+,30-,31+,32+,33-,34-,35+,37+,38+,39+,40-,41-/m0/s1. The Hall–Kier alpha value is -0.600. The summed E-state index contributed by atoms with van der Waals surface area (Å²) in [5.74, 6) is -0.434. The third kappa shape index (κ3) is 6.48. The predicted octanol–water partition coefficient (Wildman–Crippen LogP) is -0.0575. The van der Waals surface area contributed by atoms with E-state index in [2.05, 4.69) is 27.7 Å². The lowest BCUT2D eigenvalue weighted by Gasteiger charge is -2.72.